The molecule has 10 N–H and O–H groups in total. The summed E-state index contributed by atoms with van der Waals surface area (Å²) >= 11 is 0. The van der Waals surface area contributed by atoms with Gasteiger partial charge in [-0.1, -0.05) is 67.5 Å². The predicted octanol–water partition coefficient (Wildman–Crippen LogP) is 4.85. The number of benzene rings is 1. The van der Waals surface area contributed by atoms with Crippen LogP contribution in [0.5, 0.6) is 0 Å². The van der Waals surface area contributed by atoms with Crippen LogP contribution in [0.15, 0.2) is 30.3 Å². The minimum Gasteiger partial charge on any atom is -0.394 e. The van der Waals surface area contributed by atoms with E-state index in [1.165, 1.54) is 33.4 Å². The summed E-state index contributed by atoms with van der Waals surface area (Å²) in [7, 11) is 0. The van der Waals surface area contributed by atoms with E-state index in [2.05, 4.69) is 101 Å². The number of hydrogen-bond donors (Lipinski definition) is 10. The van der Waals surface area contributed by atoms with E-state index in [1.807, 2.05) is 0 Å². The monoisotopic (exact) mass is 998 g/mol. The van der Waals surface area contributed by atoms with Crippen molar-refractivity contribution in [3.63, 3.8) is 0 Å². The third-order valence-electron chi connectivity index (χ3n) is 15.7. The van der Waals surface area contributed by atoms with E-state index in [-0.39, 0.29) is 6.61 Å². The number of aliphatic hydroxyl groups excluding tert-OH is 7. The molecule has 1 amide bonds. The van der Waals surface area contributed by atoms with Crippen LogP contribution in [0.25, 0.3) is 44.1 Å². The van der Waals surface area contributed by atoms with Gasteiger partial charge in [0.25, 0.3) is 0 Å². The van der Waals surface area contributed by atoms with Gasteiger partial charge >= 0.3 is 0 Å². The Bertz CT molecular complexity index is 2810. The number of ether oxygens (including phenoxy) is 4. The van der Waals surface area contributed by atoms with Crippen LogP contribution in [0, 0.1) is 0 Å². The number of nitrogens with one attached hydrogen (secondary N) is 3. The Hall–Kier alpha value is -4.63. The molecule has 4 aliphatic heterocycles. The molecule has 8 bridgehead atoms. The van der Waals surface area contributed by atoms with Gasteiger partial charge in [-0.15, -0.1) is 0 Å². The number of amides is 1. The summed E-state index contributed by atoms with van der Waals surface area (Å²) in [6.45, 7) is 16.0. The fourth-order valence-corrected chi connectivity index (χ4v) is 11.9. The number of nitrogens with zero attached hydrogens (tertiary/aromatic N) is 2. The fraction of sp³-hybridized carbons (Fsp3) is 0.582. The molecule has 1 aromatic carbocycles. The zero-order chi connectivity index (χ0) is 51.8. The predicted molar refractivity (Wildman–Crippen MR) is 274 cm³/mol. The summed E-state index contributed by atoms with van der Waals surface area (Å²) in [6.07, 6.45) is -8.90. The molecule has 0 radical (unpaired) electrons. The second-order valence-corrected chi connectivity index (χ2v) is 19.4. The zero-order valence-electron chi connectivity index (χ0n) is 42.9. The average Bonchev–Trinajstić information content (AvgIpc) is 4.12. The highest BCUT2D eigenvalue weighted by Gasteiger charge is 2.51. The molecule has 0 unspecified atom stereocenters. The minimum atomic E-state index is -1.80. The number of carbonyl (C=O) groups is 1. The molecule has 0 aliphatic carbocycles. The van der Waals surface area contributed by atoms with Crippen LogP contribution in [0.1, 0.15) is 132 Å². The Labute approximate surface area is 420 Å². The fourth-order valence-electron chi connectivity index (χ4n) is 11.9. The zero-order valence-corrected chi connectivity index (χ0v) is 42.9. The first-order valence-electron chi connectivity index (χ1n) is 26.1. The summed E-state index contributed by atoms with van der Waals surface area (Å²) in [5, 5.41) is 76.3. The van der Waals surface area contributed by atoms with Crippen molar-refractivity contribution in [3.05, 3.63) is 80.8 Å². The number of aryl methyl sites for hydroxylation is 4. The lowest BCUT2D eigenvalue weighted by molar-refractivity contribution is -0.343. The van der Waals surface area contributed by atoms with Gasteiger partial charge in [-0.25, -0.2) is 4.98 Å². The number of fused-ring (bicyclic) bond motifs is 8. The molecule has 17 heteroatoms. The van der Waals surface area contributed by atoms with Crippen LogP contribution < -0.4 is 5.32 Å². The highest BCUT2D eigenvalue weighted by Crippen LogP contribution is 2.48. The van der Waals surface area contributed by atoms with Gasteiger partial charge in [0.1, 0.15) is 55.4 Å². The van der Waals surface area contributed by atoms with Gasteiger partial charge in [-0.3, -0.25) is 9.78 Å². The van der Waals surface area contributed by atoms with E-state index in [9.17, 15) is 40.5 Å². The smallest absolute Gasteiger partial charge is 0.248 e. The van der Waals surface area contributed by atoms with Crippen LogP contribution in [-0.2, 0) is 61.3 Å². The molecule has 8 rings (SSSR count). The Balaban J connectivity index is 1.11. The van der Waals surface area contributed by atoms with Crippen LogP contribution in [0.2, 0.25) is 0 Å². The molecular formula is C55H75N5O12. The number of rotatable bonds is 18. The summed E-state index contributed by atoms with van der Waals surface area (Å²) in [4.78, 5) is 32.3. The van der Waals surface area contributed by atoms with E-state index >= 15 is 0 Å². The molecule has 10 atom stereocenters. The van der Waals surface area contributed by atoms with Crippen molar-refractivity contribution in [3.8, 4) is 0 Å². The Morgan fingerprint density at radius 3 is 1.85 bits per heavy atom. The van der Waals surface area contributed by atoms with Gasteiger partial charge in [0.15, 0.2) is 12.5 Å². The lowest BCUT2D eigenvalue weighted by atomic mass is 9.72. The molecule has 7 heterocycles. The van der Waals surface area contributed by atoms with Crippen LogP contribution in [0.3, 0.4) is 0 Å². The third kappa shape index (κ3) is 9.44. The molecule has 392 valence electrons. The van der Waals surface area contributed by atoms with Gasteiger partial charge in [0.2, 0.25) is 5.91 Å². The highest BCUT2D eigenvalue weighted by molar-refractivity contribution is 6.02. The first-order valence-corrected chi connectivity index (χ1v) is 26.1. The third-order valence-corrected chi connectivity index (χ3v) is 15.7. The van der Waals surface area contributed by atoms with Crippen molar-refractivity contribution in [2.75, 3.05) is 26.4 Å². The van der Waals surface area contributed by atoms with Crippen molar-refractivity contribution in [2.24, 2.45) is 0 Å². The van der Waals surface area contributed by atoms with E-state index in [0.29, 0.717) is 6.42 Å². The molecule has 4 aromatic rings. The number of aromatic amines is 2. The second-order valence-electron chi connectivity index (χ2n) is 19.4. The first-order chi connectivity index (χ1) is 34.7. The molecule has 17 nitrogen and oxygen atoms in total. The van der Waals surface area contributed by atoms with Crippen molar-refractivity contribution in [1.82, 2.24) is 25.3 Å². The highest BCUT2D eigenvalue weighted by atomic mass is 16.7. The lowest BCUT2D eigenvalue weighted by Crippen LogP contribution is -2.66. The van der Waals surface area contributed by atoms with E-state index < -0.39 is 92.5 Å². The normalized spacial score (nSPS) is 26.3. The van der Waals surface area contributed by atoms with E-state index in [4.69, 9.17) is 28.9 Å². The largest absolute Gasteiger partial charge is 0.394 e. The number of aromatic nitrogens is 4. The standard InChI is InChI=1S/C55H75N5O12/c1-9-28-29(10-2)37-22-38-32(13-5)33(14-6)45(58-38)34-18-17-27(44-46(34)59-42(55(44,15-7)16-8)23-39-31(12-4)30(11-3)36(57-39)21-35(28)56-37)19-20-69-26-43(63)60-53-50(67)49(66)52(41(25-62)70-53)72-54-51(68)48(65)47(64)40(24-61)71-54/h17-18,21-23,40-41,47-54,56-57,61-62,64-68H,9-16,19-20,24-26H2,1-8H3,(H,60,63)/t40-,41-,47+,48+,49-,50-,51-,52-,53-,54+/m1/s1. The van der Waals surface area contributed by atoms with Crippen molar-refractivity contribution >= 4 is 50.0 Å². The van der Waals surface area contributed by atoms with Crippen LogP contribution >= 0.6 is 0 Å². The minimum absolute atomic E-state index is 0.161. The quantitative estimate of drug-likeness (QED) is 0.0598. The summed E-state index contributed by atoms with van der Waals surface area (Å²) in [6, 6.07) is 11.1. The topological polar surface area (TPSA) is 265 Å². The van der Waals surface area contributed by atoms with Gasteiger partial charge < -0.3 is 70.0 Å². The molecule has 2 fully saturated rings. The van der Waals surface area contributed by atoms with Crippen molar-refractivity contribution < 1.29 is 59.5 Å². The number of aliphatic hydroxyl groups is 7. The maximum absolute atomic E-state index is 13.4. The molecule has 4 aliphatic rings. The molecule has 0 spiro atoms. The molecule has 72 heavy (non-hydrogen) atoms. The van der Waals surface area contributed by atoms with Gasteiger partial charge in [-0.2, -0.15) is 0 Å². The van der Waals surface area contributed by atoms with Crippen molar-refractivity contribution in [2.45, 2.75) is 180 Å². The molecule has 0 saturated carbocycles. The van der Waals surface area contributed by atoms with Gasteiger partial charge in [0.05, 0.1) is 42.4 Å². The van der Waals surface area contributed by atoms with Gasteiger partial charge in [0, 0.05) is 32.9 Å². The Kier molecular flexibility index (Phi) is 16.7. The van der Waals surface area contributed by atoms with E-state index in [1.54, 1.807) is 0 Å². The summed E-state index contributed by atoms with van der Waals surface area (Å²) in [5.41, 5.74) is 17.6. The summed E-state index contributed by atoms with van der Waals surface area (Å²) < 4.78 is 22.8. The van der Waals surface area contributed by atoms with Crippen molar-refractivity contribution in [1.29, 1.82) is 0 Å². The molecule has 3 aromatic heterocycles. The maximum Gasteiger partial charge on any atom is 0.248 e. The Morgan fingerprint density at radius 2 is 1.28 bits per heavy atom. The number of H-pyrrole nitrogens is 2. The van der Waals surface area contributed by atoms with Gasteiger partial charge in [-0.05, 0) is 121 Å². The second kappa shape index (κ2) is 22.5. The molecular weight excluding hydrogens is 923 g/mol. The van der Waals surface area contributed by atoms with Crippen LogP contribution in [0.4, 0.5) is 0 Å². The SMILES string of the molecule is CCC1=C(CC)c2nc1cc1[nH]c(cc3[nH]c(cc4nc5c(c(CCOCC(=O)N[C@@H]6O[C@H](CO)[C@@H](O[C@@H]7O[C@H](CO)[C@H](O)[C@H](O)[C@H]7O)[C@H](O)[C@H]6O)ccc25)C4(CC)CC)c(CC)c3CC)c(CC)c1CC. The lowest BCUT2D eigenvalue weighted by Gasteiger charge is -2.46. The molecule has 2 saturated heterocycles. The maximum atomic E-state index is 13.4. The summed E-state index contributed by atoms with van der Waals surface area (Å²) in [5.74, 6) is -0.653. The number of carbonyl (C=O) groups excluding carboxylic acids is 1. The Morgan fingerprint density at radius 1 is 0.681 bits per heavy atom. The average molecular weight is 998 g/mol. The van der Waals surface area contributed by atoms with Crippen LogP contribution in [-0.4, -0.2) is 149 Å². The number of hydrogen-bond acceptors (Lipinski definition) is 14. The number of allylic oxidation sites excluding steroid dienone is 2. The van der Waals surface area contributed by atoms with E-state index in [0.717, 1.165) is 113 Å². The first kappa shape index (κ1) is 53.7.